The van der Waals surface area contributed by atoms with Gasteiger partial charge in [0.2, 0.25) is 5.91 Å². The average molecular weight is 392 g/mol. The Hall–Kier alpha value is -2.16. The van der Waals surface area contributed by atoms with Crippen molar-refractivity contribution < 1.29 is 18.0 Å². The van der Waals surface area contributed by atoms with Crippen molar-refractivity contribution in [3.8, 4) is 0 Å². The zero-order valence-electron chi connectivity index (χ0n) is 15.2. The molecule has 0 atom stereocenters. The van der Waals surface area contributed by atoms with E-state index in [-0.39, 0.29) is 23.5 Å². The topological polar surface area (TPSA) is 90.4 Å². The van der Waals surface area contributed by atoms with Gasteiger partial charge in [0.25, 0.3) is 15.9 Å². The third kappa shape index (κ3) is 3.78. The molecule has 2 amide bonds. The van der Waals surface area contributed by atoms with Crippen LogP contribution in [-0.4, -0.2) is 79.2 Å². The number of rotatable bonds is 2. The minimum Gasteiger partial charge on any atom is -0.342 e. The number of carbonyl (C=O) groups excluding carboxylic acids is 2. The number of amides is 2. The molecule has 0 aromatic carbocycles. The predicted octanol–water partition coefficient (Wildman–Crippen LogP) is 0.345. The quantitative estimate of drug-likeness (QED) is 0.676. The summed E-state index contributed by atoms with van der Waals surface area (Å²) in [6.45, 7) is 3.18. The Labute approximate surface area is 159 Å². The molecule has 4 rings (SSSR count). The summed E-state index contributed by atoms with van der Waals surface area (Å²) < 4.78 is 26.9. The summed E-state index contributed by atoms with van der Waals surface area (Å²) in [5.74, 6) is 0.492. The highest BCUT2D eigenvalue weighted by molar-refractivity contribution is 7.90. The molecule has 0 spiro atoms. The second-order valence-corrected chi connectivity index (χ2v) is 9.20. The van der Waals surface area contributed by atoms with E-state index in [9.17, 15) is 18.0 Å². The number of hydrogen-bond acceptors (Lipinski definition) is 5. The van der Waals surface area contributed by atoms with Gasteiger partial charge < -0.3 is 14.7 Å². The first-order valence-electron chi connectivity index (χ1n) is 9.50. The molecule has 0 aliphatic carbocycles. The minimum atomic E-state index is -3.40. The molecule has 0 aromatic rings. The number of amidine groups is 1. The molecule has 2 fully saturated rings. The van der Waals surface area contributed by atoms with E-state index in [1.54, 1.807) is 28.2 Å². The zero-order chi connectivity index (χ0) is 19.0. The molecule has 0 bridgehead atoms. The van der Waals surface area contributed by atoms with Crippen LogP contribution >= 0.6 is 0 Å². The fraction of sp³-hybridized carbons (Fsp3) is 0.611. The van der Waals surface area contributed by atoms with Gasteiger partial charge >= 0.3 is 0 Å². The lowest BCUT2D eigenvalue weighted by Gasteiger charge is -2.34. The molecule has 8 nitrogen and oxygen atoms in total. The monoisotopic (exact) mass is 392 g/mol. The Balaban J connectivity index is 1.37. The molecule has 0 radical (unpaired) electrons. The molecule has 0 N–H and O–H groups in total. The second kappa shape index (κ2) is 7.10. The molecule has 4 aliphatic rings. The molecular weight excluding hydrogens is 368 g/mol. The van der Waals surface area contributed by atoms with Crippen LogP contribution < -0.4 is 0 Å². The van der Waals surface area contributed by atoms with E-state index >= 15 is 0 Å². The Morgan fingerprint density at radius 1 is 0.963 bits per heavy atom. The van der Waals surface area contributed by atoms with Gasteiger partial charge in [-0.05, 0) is 37.8 Å². The number of hydrogen-bond donors (Lipinski definition) is 0. The highest BCUT2D eigenvalue weighted by Crippen LogP contribution is 2.24. The third-order valence-electron chi connectivity index (χ3n) is 5.62. The van der Waals surface area contributed by atoms with E-state index in [4.69, 9.17) is 0 Å². The van der Waals surface area contributed by atoms with Crippen LogP contribution in [0.5, 0.6) is 0 Å². The highest BCUT2D eigenvalue weighted by Gasteiger charge is 2.32. The molecule has 4 aliphatic heterocycles. The van der Waals surface area contributed by atoms with Crippen LogP contribution in [0.25, 0.3) is 0 Å². The summed E-state index contributed by atoms with van der Waals surface area (Å²) in [6.07, 6.45) is 8.46. The van der Waals surface area contributed by atoms with Crippen LogP contribution in [0.1, 0.15) is 25.7 Å². The maximum atomic E-state index is 12.8. The fourth-order valence-corrected chi connectivity index (χ4v) is 5.00. The Bertz CT molecular complexity index is 831. The van der Waals surface area contributed by atoms with Crippen LogP contribution in [0.3, 0.4) is 0 Å². The Morgan fingerprint density at radius 2 is 1.67 bits per heavy atom. The van der Waals surface area contributed by atoms with Crippen LogP contribution in [0.15, 0.2) is 28.3 Å². The van der Waals surface area contributed by atoms with Gasteiger partial charge in [-0.3, -0.25) is 9.59 Å². The SMILES string of the molecule is O=C(C1=CN2CCS(=O)(=O)N=C2C=C1)N1CCC(C(=O)N2CCCC2)CC1. The first-order chi connectivity index (χ1) is 12.9. The number of carbonyl (C=O) groups is 2. The summed E-state index contributed by atoms with van der Waals surface area (Å²) in [7, 11) is -3.40. The smallest absolute Gasteiger partial charge is 0.256 e. The van der Waals surface area contributed by atoms with Gasteiger partial charge in [-0.1, -0.05) is 0 Å². The van der Waals surface area contributed by atoms with E-state index in [0.717, 1.165) is 25.9 Å². The summed E-state index contributed by atoms with van der Waals surface area (Å²) in [4.78, 5) is 30.8. The van der Waals surface area contributed by atoms with Crippen molar-refractivity contribution in [3.05, 3.63) is 23.9 Å². The van der Waals surface area contributed by atoms with Gasteiger partial charge in [0.15, 0.2) is 0 Å². The first-order valence-corrected chi connectivity index (χ1v) is 11.1. The van der Waals surface area contributed by atoms with Crippen molar-refractivity contribution in [3.63, 3.8) is 0 Å². The van der Waals surface area contributed by atoms with Gasteiger partial charge in [-0.25, -0.2) is 8.42 Å². The summed E-state index contributed by atoms with van der Waals surface area (Å²) in [5, 5.41) is 0. The number of fused-ring (bicyclic) bond motifs is 1. The number of nitrogens with zero attached hydrogens (tertiary/aromatic N) is 4. The van der Waals surface area contributed by atoms with E-state index in [1.807, 2.05) is 4.90 Å². The van der Waals surface area contributed by atoms with E-state index in [2.05, 4.69) is 4.40 Å². The van der Waals surface area contributed by atoms with Crippen molar-refractivity contribution in [1.82, 2.24) is 14.7 Å². The lowest BCUT2D eigenvalue weighted by molar-refractivity contribution is -0.138. The Morgan fingerprint density at radius 3 is 2.37 bits per heavy atom. The molecule has 0 unspecified atom stereocenters. The van der Waals surface area contributed by atoms with Crippen molar-refractivity contribution in [1.29, 1.82) is 0 Å². The molecule has 0 aromatic heterocycles. The van der Waals surface area contributed by atoms with Crippen molar-refractivity contribution in [2.24, 2.45) is 10.3 Å². The van der Waals surface area contributed by atoms with Crippen LogP contribution in [0, 0.1) is 5.92 Å². The molecule has 27 heavy (non-hydrogen) atoms. The van der Waals surface area contributed by atoms with Gasteiger partial charge in [0.05, 0.1) is 11.3 Å². The minimum absolute atomic E-state index is 0.0223. The standard InChI is InChI=1S/C18H24N4O4S/c23-17(20-7-1-2-8-20)14-5-9-21(10-6-14)18(24)15-3-4-16-19-27(25,26)12-11-22(16)13-15/h3-4,13-14H,1-2,5-12H2. The lowest BCUT2D eigenvalue weighted by Crippen LogP contribution is -2.45. The number of piperidine rings is 1. The predicted molar refractivity (Wildman–Crippen MR) is 100 cm³/mol. The summed E-state index contributed by atoms with van der Waals surface area (Å²) in [5.41, 5.74) is 0.526. The molecule has 4 heterocycles. The molecular formula is C18H24N4O4S. The van der Waals surface area contributed by atoms with Crippen molar-refractivity contribution in [2.45, 2.75) is 25.7 Å². The summed E-state index contributed by atoms with van der Waals surface area (Å²) >= 11 is 0. The van der Waals surface area contributed by atoms with Gasteiger partial charge in [-0.15, -0.1) is 4.40 Å². The third-order valence-corrected chi connectivity index (χ3v) is 6.78. The van der Waals surface area contributed by atoms with Crippen molar-refractivity contribution >= 4 is 27.7 Å². The summed E-state index contributed by atoms with van der Waals surface area (Å²) in [6, 6.07) is 0. The molecule has 2 saturated heterocycles. The largest absolute Gasteiger partial charge is 0.342 e. The highest BCUT2D eigenvalue weighted by atomic mass is 32.2. The fourth-order valence-electron chi connectivity index (χ4n) is 4.04. The second-order valence-electron chi connectivity index (χ2n) is 7.45. The van der Waals surface area contributed by atoms with E-state index < -0.39 is 10.0 Å². The lowest BCUT2D eigenvalue weighted by atomic mass is 9.94. The molecule has 9 heteroatoms. The maximum absolute atomic E-state index is 12.8. The van der Waals surface area contributed by atoms with Crippen LogP contribution in [-0.2, 0) is 19.6 Å². The number of likely N-dealkylation sites (tertiary alicyclic amines) is 2. The van der Waals surface area contributed by atoms with E-state index in [0.29, 0.717) is 43.9 Å². The zero-order valence-corrected chi connectivity index (χ0v) is 16.0. The normalized spacial score (nSPS) is 25.1. The molecule has 0 saturated carbocycles. The van der Waals surface area contributed by atoms with Crippen LogP contribution in [0.4, 0.5) is 0 Å². The van der Waals surface area contributed by atoms with Gasteiger partial charge in [0.1, 0.15) is 5.84 Å². The first kappa shape index (κ1) is 18.2. The van der Waals surface area contributed by atoms with Gasteiger partial charge in [-0.2, -0.15) is 0 Å². The average Bonchev–Trinajstić information content (AvgIpc) is 3.21. The molecule has 146 valence electrons. The van der Waals surface area contributed by atoms with Gasteiger partial charge in [0, 0.05) is 44.8 Å². The van der Waals surface area contributed by atoms with Crippen molar-refractivity contribution in [2.75, 3.05) is 38.5 Å². The number of sulfonamides is 1. The van der Waals surface area contributed by atoms with Crippen LogP contribution in [0.2, 0.25) is 0 Å². The Kier molecular flexibility index (Phi) is 4.79. The van der Waals surface area contributed by atoms with E-state index in [1.165, 1.54) is 0 Å². The maximum Gasteiger partial charge on any atom is 0.256 e.